The van der Waals surface area contributed by atoms with E-state index in [9.17, 15) is 0 Å². The van der Waals surface area contributed by atoms with Gasteiger partial charge in [0.05, 0.1) is 11.2 Å². The normalized spacial score (nSPS) is 11.5. The Balaban J connectivity index is 1.81. The third-order valence-electron chi connectivity index (χ3n) is 3.99. The van der Waals surface area contributed by atoms with E-state index in [-0.39, 0.29) is 0 Å². The van der Waals surface area contributed by atoms with Gasteiger partial charge in [0.1, 0.15) is 0 Å². The van der Waals surface area contributed by atoms with Gasteiger partial charge in [-0.15, -0.1) is 0 Å². The van der Waals surface area contributed by atoms with E-state index in [1.165, 1.54) is 28.0 Å². The summed E-state index contributed by atoms with van der Waals surface area (Å²) in [5, 5.41) is 0. The molecule has 0 atom stereocenters. The largest absolute Gasteiger partial charge is 0.316 e. The summed E-state index contributed by atoms with van der Waals surface area (Å²) in [6, 6.07) is 13.2. The maximum absolute atomic E-state index is 4.60. The molecule has 0 aliphatic heterocycles. The van der Waals surface area contributed by atoms with E-state index in [4.69, 9.17) is 0 Å². The predicted octanol–water partition coefficient (Wildman–Crippen LogP) is 3.49. The summed E-state index contributed by atoms with van der Waals surface area (Å²) < 4.78 is 2.26. The number of benzene rings is 1. The van der Waals surface area contributed by atoms with Crippen molar-refractivity contribution < 1.29 is 0 Å². The van der Waals surface area contributed by atoms with Crippen LogP contribution in [0.25, 0.3) is 5.52 Å². The quantitative estimate of drug-likeness (QED) is 0.718. The Morgan fingerprint density at radius 1 is 1.00 bits per heavy atom. The molecule has 0 radical (unpaired) electrons. The molecule has 3 rings (SSSR count). The van der Waals surface area contributed by atoms with E-state index in [0.29, 0.717) is 0 Å². The summed E-state index contributed by atoms with van der Waals surface area (Å²) in [6.45, 7) is 3.06. The topological polar surface area (TPSA) is 20.5 Å². The molecular formula is C19H23N3. The highest BCUT2D eigenvalue weighted by atomic mass is 15.1. The first kappa shape index (κ1) is 14.8. The van der Waals surface area contributed by atoms with Gasteiger partial charge in [0.2, 0.25) is 0 Å². The number of aryl methyl sites for hydroxylation is 3. The third-order valence-corrected chi connectivity index (χ3v) is 3.99. The molecule has 1 aromatic carbocycles. The van der Waals surface area contributed by atoms with Crippen molar-refractivity contribution in [3.63, 3.8) is 0 Å². The van der Waals surface area contributed by atoms with Crippen LogP contribution in [0.4, 0.5) is 0 Å². The molecule has 0 bridgehead atoms. The summed E-state index contributed by atoms with van der Waals surface area (Å²) in [4.78, 5) is 6.79. The van der Waals surface area contributed by atoms with Gasteiger partial charge in [-0.3, -0.25) is 4.98 Å². The molecule has 0 aliphatic carbocycles. The highest BCUT2D eigenvalue weighted by Crippen LogP contribution is 2.16. The fraction of sp³-hybridized carbons (Fsp3) is 0.316. The van der Waals surface area contributed by atoms with Gasteiger partial charge < -0.3 is 9.30 Å². The Labute approximate surface area is 132 Å². The Bertz CT molecular complexity index is 754. The van der Waals surface area contributed by atoms with Crippen LogP contribution in [0.3, 0.4) is 0 Å². The van der Waals surface area contributed by atoms with Crippen LogP contribution in [-0.2, 0) is 19.4 Å². The zero-order valence-corrected chi connectivity index (χ0v) is 13.6. The monoisotopic (exact) mass is 293 g/mol. The molecule has 2 heterocycles. The summed E-state index contributed by atoms with van der Waals surface area (Å²) in [6.07, 6.45) is 5.97. The lowest BCUT2D eigenvalue weighted by atomic mass is 10.1. The molecule has 114 valence electrons. The first-order valence-corrected chi connectivity index (χ1v) is 7.77. The fourth-order valence-corrected chi connectivity index (χ4v) is 2.82. The van der Waals surface area contributed by atoms with Crippen LogP contribution >= 0.6 is 0 Å². The van der Waals surface area contributed by atoms with Crippen LogP contribution < -0.4 is 0 Å². The van der Waals surface area contributed by atoms with E-state index >= 15 is 0 Å². The van der Waals surface area contributed by atoms with E-state index in [0.717, 1.165) is 19.4 Å². The molecule has 0 unspecified atom stereocenters. The summed E-state index contributed by atoms with van der Waals surface area (Å²) in [7, 11) is 4.19. The standard InChI is InChI=1S/C19H23N3/c1-15-4-6-16(7-5-15)8-10-18-19-11-9-17(14-21(2)3)22(19)13-12-20-18/h4-7,9,11-13H,8,10,14H2,1-3H3. The average Bonchev–Trinajstić information content (AvgIpc) is 2.90. The molecule has 0 aliphatic rings. The van der Waals surface area contributed by atoms with Crippen LogP contribution in [-0.4, -0.2) is 28.4 Å². The van der Waals surface area contributed by atoms with Gasteiger partial charge in [-0.25, -0.2) is 0 Å². The van der Waals surface area contributed by atoms with Gasteiger partial charge in [-0.2, -0.15) is 0 Å². The summed E-state index contributed by atoms with van der Waals surface area (Å²) in [5.41, 5.74) is 6.39. The zero-order valence-electron chi connectivity index (χ0n) is 13.6. The molecule has 3 aromatic rings. The van der Waals surface area contributed by atoms with Crippen molar-refractivity contribution in [1.29, 1.82) is 0 Å². The Kier molecular flexibility index (Phi) is 4.25. The molecule has 0 amide bonds. The molecule has 2 aromatic heterocycles. The second-order valence-corrected chi connectivity index (χ2v) is 6.18. The van der Waals surface area contributed by atoms with Gasteiger partial charge in [0.15, 0.2) is 0 Å². The molecular weight excluding hydrogens is 270 g/mol. The summed E-state index contributed by atoms with van der Waals surface area (Å²) in [5.74, 6) is 0. The predicted molar refractivity (Wildman–Crippen MR) is 91.2 cm³/mol. The second kappa shape index (κ2) is 6.32. The lowest BCUT2D eigenvalue weighted by Gasteiger charge is -2.10. The van der Waals surface area contributed by atoms with Crippen LogP contribution in [0.5, 0.6) is 0 Å². The maximum Gasteiger partial charge on any atom is 0.0669 e. The molecule has 3 heteroatoms. The smallest absolute Gasteiger partial charge is 0.0669 e. The number of nitrogens with zero attached hydrogens (tertiary/aromatic N) is 3. The molecule has 22 heavy (non-hydrogen) atoms. The van der Waals surface area contributed by atoms with E-state index in [2.05, 4.69) is 77.9 Å². The van der Waals surface area contributed by atoms with Gasteiger partial charge in [0, 0.05) is 24.6 Å². The highest BCUT2D eigenvalue weighted by molar-refractivity contribution is 5.54. The zero-order chi connectivity index (χ0) is 15.5. The first-order chi connectivity index (χ1) is 10.6. The van der Waals surface area contributed by atoms with Crippen LogP contribution in [0.1, 0.15) is 22.5 Å². The van der Waals surface area contributed by atoms with Crippen LogP contribution in [0, 0.1) is 6.92 Å². The van der Waals surface area contributed by atoms with Crippen molar-refractivity contribution in [2.24, 2.45) is 0 Å². The minimum atomic E-state index is 0.940. The molecule has 0 N–H and O–H groups in total. The highest BCUT2D eigenvalue weighted by Gasteiger charge is 2.08. The maximum atomic E-state index is 4.60. The number of hydrogen-bond donors (Lipinski definition) is 0. The number of rotatable bonds is 5. The van der Waals surface area contributed by atoms with Crippen molar-refractivity contribution in [2.75, 3.05) is 14.1 Å². The molecule has 0 saturated carbocycles. The Morgan fingerprint density at radius 3 is 2.50 bits per heavy atom. The van der Waals surface area contributed by atoms with Gasteiger partial charge in [-0.1, -0.05) is 29.8 Å². The van der Waals surface area contributed by atoms with Gasteiger partial charge in [-0.05, 0) is 51.6 Å². The SMILES string of the molecule is Cc1ccc(CCc2nccn3c(CN(C)C)ccc23)cc1. The third kappa shape index (κ3) is 3.20. The molecule has 3 nitrogen and oxygen atoms in total. The Morgan fingerprint density at radius 2 is 1.77 bits per heavy atom. The van der Waals surface area contributed by atoms with Gasteiger partial charge in [0.25, 0.3) is 0 Å². The van der Waals surface area contributed by atoms with E-state index in [1.54, 1.807) is 0 Å². The average molecular weight is 293 g/mol. The molecule has 0 fully saturated rings. The minimum absolute atomic E-state index is 0.940. The van der Waals surface area contributed by atoms with Crippen LogP contribution in [0.2, 0.25) is 0 Å². The molecule has 0 saturated heterocycles. The number of hydrogen-bond acceptors (Lipinski definition) is 2. The van der Waals surface area contributed by atoms with Gasteiger partial charge >= 0.3 is 0 Å². The van der Waals surface area contributed by atoms with Crippen molar-refractivity contribution >= 4 is 5.52 Å². The van der Waals surface area contributed by atoms with E-state index < -0.39 is 0 Å². The number of aromatic nitrogens is 2. The second-order valence-electron chi connectivity index (χ2n) is 6.18. The van der Waals surface area contributed by atoms with Crippen molar-refractivity contribution in [3.8, 4) is 0 Å². The fourth-order valence-electron chi connectivity index (χ4n) is 2.82. The Hall–Kier alpha value is -2.13. The lowest BCUT2D eigenvalue weighted by Crippen LogP contribution is -2.12. The van der Waals surface area contributed by atoms with Crippen molar-refractivity contribution in [3.05, 3.63) is 71.3 Å². The van der Waals surface area contributed by atoms with Crippen LogP contribution in [0.15, 0.2) is 48.8 Å². The van der Waals surface area contributed by atoms with Crippen molar-refractivity contribution in [1.82, 2.24) is 14.3 Å². The number of fused-ring (bicyclic) bond motifs is 1. The minimum Gasteiger partial charge on any atom is -0.316 e. The summed E-state index contributed by atoms with van der Waals surface area (Å²) >= 11 is 0. The molecule has 0 spiro atoms. The van der Waals surface area contributed by atoms with E-state index in [1.807, 2.05) is 6.20 Å². The first-order valence-electron chi connectivity index (χ1n) is 7.77. The van der Waals surface area contributed by atoms with Crippen molar-refractivity contribution in [2.45, 2.75) is 26.3 Å². The lowest BCUT2D eigenvalue weighted by molar-refractivity contribution is 0.395.